The van der Waals surface area contributed by atoms with Gasteiger partial charge in [0.15, 0.2) is 5.82 Å². The van der Waals surface area contributed by atoms with Gasteiger partial charge in [0.05, 0.1) is 11.3 Å². The molecule has 38 heavy (non-hydrogen) atoms. The van der Waals surface area contributed by atoms with Crippen LogP contribution in [0.3, 0.4) is 0 Å². The second-order valence-corrected chi connectivity index (χ2v) is 15.2. The highest BCUT2D eigenvalue weighted by Crippen LogP contribution is 2.52. The van der Waals surface area contributed by atoms with E-state index in [1.807, 2.05) is 12.1 Å². The molecule has 0 N–H and O–H groups in total. The Morgan fingerprint density at radius 1 is 0.842 bits per heavy atom. The van der Waals surface area contributed by atoms with Gasteiger partial charge in [-0.05, 0) is 75.0 Å². The van der Waals surface area contributed by atoms with E-state index >= 15 is 0 Å². The SMILES string of the molecule is O=S(=O)(C1CCCCC1)N1[C@@H]2CC[C@@H](C2)[C@H]1c1nc(CCc2ccncc2)n(S(=O)(=O)N2CCCCC2)n1. The minimum absolute atomic E-state index is 0.0390. The second-order valence-electron chi connectivity index (χ2n) is 11.4. The van der Waals surface area contributed by atoms with Crippen LogP contribution < -0.4 is 0 Å². The molecule has 0 amide bonds. The van der Waals surface area contributed by atoms with Crippen LogP contribution in [0.15, 0.2) is 24.5 Å². The zero-order valence-corrected chi connectivity index (χ0v) is 23.5. The fourth-order valence-corrected chi connectivity index (χ4v) is 11.0. The molecule has 6 rings (SSSR count). The minimum atomic E-state index is -3.90. The number of nitrogens with zero attached hydrogens (tertiary/aromatic N) is 6. The molecule has 3 atom stereocenters. The Morgan fingerprint density at radius 3 is 2.29 bits per heavy atom. The smallest absolute Gasteiger partial charge is 0.265 e. The first-order valence-corrected chi connectivity index (χ1v) is 17.1. The molecule has 10 nitrogen and oxygen atoms in total. The molecule has 2 aliphatic heterocycles. The molecular weight excluding hydrogens is 524 g/mol. The van der Waals surface area contributed by atoms with E-state index in [1.54, 1.807) is 16.7 Å². The van der Waals surface area contributed by atoms with Gasteiger partial charge in [0.1, 0.15) is 5.82 Å². The first-order valence-electron chi connectivity index (χ1n) is 14.2. The van der Waals surface area contributed by atoms with Gasteiger partial charge < -0.3 is 0 Å². The van der Waals surface area contributed by atoms with E-state index < -0.39 is 26.3 Å². The molecule has 12 heteroatoms. The Bertz CT molecular complexity index is 1330. The predicted molar refractivity (Wildman–Crippen MR) is 143 cm³/mol. The van der Waals surface area contributed by atoms with Crippen molar-refractivity contribution in [2.75, 3.05) is 13.1 Å². The normalized spacial score (nSPS) is 27.7. The van der Waals surface area contributed by atoms with E-state index in [2.05, 4.69) is 10.1 Å². The van der Waals surface area contributed by atoms with Gasteiger partial charge in [-0.25, -0.2) is 13.4 Å². The number of aromatic nitrogens is 4. The largest absolute Gasteiger partial charge is 0.324 e. The van der Waals surface area contributed by atoms with Gasteiger partial charge in [-0.2, -0.15) is 17.0 Å². The lowest BCUT2D eigenvalue weighted by Gasteiger charge is -2.36. The highest BCUT2D eigenvalue weighted by atomic mass is 32.2. The number of pyridine rings is 1. The van der Waals surface area contributed by atoms with Gasteiger partial charge in [-0.1, -0.05) is 25.7 Å². The number of fused-ring (bicyclic) bond motifs is 2. The third-order valence-electron chi connectivity index (χ3n) is 8.96. The van der Waals surface area contributed by atoms with Crippen LogP contribution in [0.2, 0.25) is 0 Å². The van der Waals surface area contributed by atoms with E-state index in [1.165, 1.54) is 4.31 Å². The molecule has 2 aromatic heterocycles. The van der Waals surface area contributed by atoms with E-state index in [4.69, 9.17) is 4.98 Å². The van der Waals surface area contributed by atoms with Gasteiger partial charge in [0.2, 0.25) is 10.0 Å². The van der Waals surface area contributed by atoms with Crippen molar-refractivity contribution in [1.29, 1.82) is 0 Å². The van der Waals surface area contributed by atoms with Crippen molar-refractivity contribution in [2.45, 2.75) is 101 Å². The predicted octanol–water partition coefficient (Wildman–Crippen LogP) is 3.23. The monoisotopic (exact) mass is 562 g/mol. The molecule has 2 saturated carbocycles. The molecule has 4 aliphatic rings. The fourth-order valence-electron chi connectivity index (χ4n) is 6.99. The van der Waals surface area contributed by atoms with E-state index in [-0.39, 0.29) is 17.2 Å². The molecule has 2 bridgehead atoms. The lowest BCUT2D eigenvalue weighted by atomic mass is 9.99. The molecule has 0 aromatic carbocycles. The average molecular weight is 563 g/mol. The number of piperidine rings is 2. The molecule has 2 saturated heterocycles. The van der Waals surface area contributed by atoms with Crippen molar-refractivity contribution in [3.8, 4) is 0 Å². The number of hydrogen-bond donors (Lipinski definition) is 0. The van der Waals surface area contributed by atoms with Gasteiger partial charge in [0, 0.05) is 37.9 Å². The molecule has 0 unspecified atom stereocenters. The van der Waals surface area contributed by atoms with Crippen LogP contribution in [0.1, 0.15) is 93.9 Å². The molecule has 4 fully saturated rings. The van der Waals surface area contributed by atoms with E-state index in [0.717, 1.165) is 67.4 Å². The van der Waals surface area contributed by atoms with Crippen molar-refractivity contribution < 1.29 is 16.8 Å². The third kappa shape index (κ3) is 4.82. The topological polar surface area (TPSA) is 118 Å². The number of aryl methyl sites for hydroxylation is 2. The second kappa shape index (κ2) is 10.6. The summed E-state index contributed by atoms with van der Waals surface area (Å²) in [5.41, 5.74) is 1.04. The maximum Gasteiger partial charge on any atom is 0.324 e. The average Bonchev–Trinajstić information content (AvgIpc) is 3.69. The minimum Gasteiger partial charge on any atom is -0.265 e. The summed E-state index contributed by atoms with van der Waals surface area (Å²) in [6, 6.07) is 3.30. The van der Waals surface area contributed by atoms with Crippen LogP contribution in [0.5, 0.6) is 0 Å². The van der Waals surface area contributed by atoms with Gasteiger partial charge in [-0.15, -0.1) is 9.19 Å². The number of rotatable bonds is 8. The Morgan fingerprint density at radius 2 is 1.55 bits per heavy atom. The zero-order chi connectivity index (χ0) is 26.3. The van der Waals surface area contributed by atoms with Gasteiger partial charge in [0.25, 0.3) is 0 Å². The maximum absolute atomic E-state index is 13.9. The van der Waals surface area contributed by atoms with Crippen LogP contribution in [0.4, 0.5) is 0 Å². The Balaban J connectivity index is 1.37. The van der Waals surface area contributed by atoms with Crippen molar-refractivity contribution >= 4 is 20.2 Å². The molecule has 0 radical (unpaired) electrons. The van der Waals surface area contributed by atoms with Crippen LogP contribution in [-0.4, -0.2) is 69.0 Å². The van der Waals surface area contributed by atoms with Crippen molar-refractivity contribution in [3.63, 3.8) is 0 Å². The van der Waals surface area contributed by atoms with Crippen LogP contribution in [-0.2, 0) is 33.1 Å². The standard InChI is InChI=1S/C26H38N6O4S2/c33-37(34,23-7-3-1-4-8-23)31-22-11-10-21(19-22)25(31)26-28-24(12-9-20-13-15-27-16-14-20)32(29-26)38(35,36)30-17-5-2-6-18-30/h13-16,21-23,25H,1-12,17-19H2/t21-,22+,25-/m0/s1. The first-order chi connectivity index (χ1) is 18.4. The Labute approximate surface area is 226 Å². The summed E-state index contributed by atoms with van der Waals surface area (Å²) < 4.78 is 59.8. The van der Waals surface area contributed by atoms with Crippen molar-refractivity contribution in [2.24, 2.45) is 5.92 Å². The van der Waals surface area contributed by atoms with Crippen LogP contribution in [0, 0.1) is 5.92 Å². The molecule has 4 heterocycles. The summed E-state index contributed by atoms with van der Waals surface area (Å²) in [5.74, 6) is 0.849. The lowest BCUT2D eigenvalue weighted by molar-refractivity contribution is 0.232. The van der Waals surface area contributed by atoms with Crippen LogP contribution >= 0.6 is 0 Å². The summed E-state index contributed by atoms with van der Waals surface area (Å²) in [7, 11) is -7.42. The molecule has 0 spiro atoms. The fraction of sp³-hybridized carbons (Fsp3) is 0.731. The summed E-state index contributed by atoms with van der Waals surface area (Å²) in [6.07, 6.45) is 14.0. The van der Waals surface area contributed by atoms with Crippen molar-refractivity contribution in [3.05, 3.63) is 41.7 Å². The molecule has 208 valence electrons. The summed E-state index contributed by atoms with van der Waals surface area (Å²) >= 11 is 0. The van der Waals surface area contributed by atoms with E-state index in [9.17, 15) is 16.8 Å². The van der Waals surface area contributed by atoms with E-state index in [0.29, 0.717) is 50.4 Å². The summed E-state index contributed by atoms with van der Waals surface area (Å²) in [6.45, 7) is 0.940. The highest BCUT2D eigenvalue weighted by molar-refractivity contribution is 7.89. The zero-order valence-electron chi connectivity index (χ0n) is 21.9. The third-order valence-corrected chi connectivity index (χ3v) is 13.1. The van der Waals surface area contributed by atoms with Gasteiger partial charge in [-0.3, -0.25) is 4.98 Å². The summed E-state index contributed by atoms with van der Waals surface area (Å²) in [4.78, 5) is 8.89. The highest BCUT2D eigenvalue weighted by Gasteiger charge is 2.55. The van der Waals surface area contributed by atoms with Crippen LogP contribution in [0.25, 0.3) is 0 Å². The molecular formula is C26H38N6O4S2. The Hall–Kier alpha value is -1.89. The van der Waals surface area contributed by atoms with Crippen molar-refractivity contribution in [1.82, 2.24) is 27.8 Å². The number of hydrogen-bond acceptors (Lipinski definition) is 7. The summed E-state index contributed by atoms with van der Waals surface area (Å²) in [5, 5.41) is 4.28. The maximum atomic E-state index is 13.9. The quantitative estimate of drug-likeness (QED) is 0.485. The Kier molecular flexibility index (Phi) is 7.34. The first kappa shape index (κ1) is 26.3. The number of sulfonamides is 1. The lowest BCUT2D eigenvalue weighted by Crippen LogP contribution is -2.46. The van der Waals surface area contributed by atoms with Gasteiger partial charge >= 0.3 is 10.2 Å². The molecule has 2 aromatic rings. The molecule has 2 aliphatic carbocycles.